The number of rotatable bonds is 6. The summed E-state index contributed by atoms with van der Waals surface area (Å²) >= 11 is 6.48. The van der Waals surface area contributed by atoms with Crippen molar-refractivity contribution in [1.29, 1.82) is 0 Å². The molecule has 3 heterocycles. The Morgan fingerprint density at radius 3 is 2.73 bits per heavy atom. The van der Waals surface area contributed by atoms with Crippen molar-refractivity contribution >= 4 is 51.3 Å². The summed E-state index contributed by atoms with van der Waals surface area (Å²) in [4.78, 5) is 29.1. The number of benzene rings is 2. The molecule has 1 aliphatic rings. The summed E-state index contributed by atoms with van der Waals surface area (Å²) in [5.41, 5.74) is 4.13. The molecular formula is C29H29ClN6O4. The SMILES string of the molecule is CNC(=O)c1ccc(Nc2nc(O[C@H]3CC[C@@](C)(O)CC3)c3c(-c4ccc5nc(C)oc5c4)c[nH]c3n2)c(Cl)c1. The van der Waals surface area contributed by atoms with Gasteiger partial charge in [0.2, 0.25) is 11.8 Å². The van der Waals surface area contributed by atoms with Crippen molar-refractivity contribution in [3.8, 4) is 17.0 Å². The smallest absolute Gasteiger partial charge is 0.251 e. The highest BCUT2D eigenvalue weighted by Crippen LogP contribution is 2.38. The number of fused-ring (bicyclic) bond motifs is 2. The number of aromatic amines is 1. The normalized spacial score (nSPS) is 19.2. The zero-order valence-corrected chi connectivity index (χ0v) is 23.1. The van der Waals surface area contributed by atoms with Gasteiger partial charge in [0.25, 0.3) is 5.91 Å². The molecule has 3 aromatic heterocycles. The average Bonchev–Trinajstić information content (AvgIpc) is 3.52. The number of carbonyl (C=O) groups is 1. The van der Waals surface area contributed by atoms with Gasteiger partial charge in [-0.25, -0.2) is 4.98 Å². The van der Waals surface area contributed by atoms with Crippen LogP contribution in [0.2, 0.25) is 5.02 Å². The van der Waals surface area contributed by atoms with E-state index in [1.807, 2.05) is 38.2 Å². The fraction of sp³-hybridized carbons (Fsp3) is 0.310. The van der Waals surface area contributed by atoms with Gasteiger partial charge in [-0.2, -0.15) is 9.97 Å². The molecule has 0 radical (unpaired) electrons. The van der Waals surface area contributed by atoms with E-state index < -0.39 is 5.60 Å². The summed E-state index contributed by atoms with van der Waals surface area (Å²) in [7, 11) is 1.57. The van der Waals surface area contributed by atoms with E-state index in [4.69, 9.17) is 30.7 Å². The number of anilines is 2. The number of hydrogen-bond acceptors (Lipinski definition) is 8. The third-order valence-electron chi connectivity index (χ3n) is 7.30. The molecule has 11 heteroatoms. The number of aromatic nitrogens is 4. The van der Waals surface area contributed by atoms with Crippen molar-refractivity contribution < 1.29 is 19.1 Å². The van der Waals surface area contributed by atoms with Crippen LogP contribution in [0.4, 0.5) is 11.6 Å². The molecule has 5 aromatic rings. The van der Waals surface area contributed by atoms with Gasteiger partial charge in [0, 0.05) is 31.3 Å². The van der Waals surface area contributed by atoms with Gasteiger partial charge in [-0.1, -0.05) is 17.7 Å². The van der Waals surface area contributed by atoms with Gasteiger partial charge in [-0.15, -0.1) is 0 Å². The van der Waals surface area contributed by atoms with Crippen molar-refractivity contribution in [1.82, 2.24) is 25.3 Å². The molecule has 4 N–H and O–H groups in total. The summed E-state index contributed by atoms with van der Waals surface area (Å²) in [6.45, 7) is 3.68. The molecule has 0 spiro atoms. The maximum atomic E-state index is 12.0. The van der Waals surface area contributed by atoms with Crippen LogP contribution in [-0.2, 0) is 0 Å². The maximum Gasteiger partial charge on any atom is 0.251 e. The Hall–Kier alpha value is -4.15. The maximum absolute atomic E-state index is 12.0. The zero-order valence-electron chi connectivity index (χ0n) is 22.3. The second-order valence-electron chi connectivity index (χ2n) is 10.4. The van der Waals surface area contributed by atoms with Crippen molar-refractivity contribution in [3.05, 3.63) is 59.1 Å². The third-order valence-corrected chi connectivity index (χ3v) is 7.61. The van der Waals surface area contributed by atoms with E-state index in [0.717, 1.165) is 22.0 Å². The largest absolute Gasteiger partial charge is 0.474 e. The molecule has 6 rings (SSSR count). The number of ether oxygens (including phenoxy) is 1. The Morgan fingerprint density at radius 2 is 1.98 bits per heavy atom. The predicted octanol–water partition coefficient (Wildman–Crippen LogP) is 5.90. The Morgan fingerprint density at radius 1 is 1.18 bits per heavy atom. The van der Waals surface area contributed by atoms with Gasteiger partial charge in [0.1, 0.15) is 17.3 Å². The lowest BCUT2D eigenvalue weighted by molar-refractivity contribution is -0.0114. The summed E-state index contributed by atoms with van der Waals surface area (Å²) in [6, 6.07) is 10.8. The summed E-state index contributed by atoms with van der Waals surface area (Å²) < 4.78 is 12.3. The number of nitrogens with zero attached hydrogens (tertiary/aromatic N) is 3. The van der Waals surface area contributed by atoms with Crippen LogP contribution in [0.1, 0.15) is 48.9 Å². The number of amides is 1. The first kappa shape index (κ1) is 26.1. The minimum absolute atomic E-state index is 0.108. The summed E-state index contributed by atoms with van der Waals surface area (Å²) in [5.74, 6) is 1.08. The molecule has 206 valence electrons. The van der Waals surface area contributed by atoms with E-state index in [1.54, 1.807) is 25.2 Å². The molecule has 40 heavy (non-hydrogen) atoms. The lowest BCUT2D eigenvalue weighted by atomic mass is 9.85. The highest BCUT2D eigenvalue weighted by Gasteiger charge is 2.31. The number of halogens is 1. The first-order chi connectivity index (χ1) is 19.2. The van der Waals surface area contributed by atoms with Gasteiger partial charge >= 0.3 is 0 Å². The molecule has 2 aromatic carbocycles. The molecule has 10 nitrogen and oxygen atoms in total. The first-order valence-electron chi connectivity index (χ1n) is 13.1. The van der Waals surface area contributed by atoms with E-state index in [-0.39, 0.29) is 18.0 Å². The number of oxazole rings is 1. The van der Waals surface area contributed by atoms with Gasteiger partial charge in [-0.05, 0) is 68.5 Å². The lowest BCUT2D eigenvalue weighted by Gasteiger charge is -2.33. The molecular weight excluding hydrogens is 532 g/mol. The lowest BCUT2D eigenvalue weighted by Crippen LogP contribution is -2.35. The van der Waals surface area contributed by atoms with Gasteiger partial charge in [0.15, 0.2) is 11.5 Å². The fourth-order valence-corrected chi connectivity index (χ4v) is 5.32. The van der Waals surface area contributed by atoms with Crippen LogP contribution < -0.4 is 15.4 Å². The highest BCUT2D eigenvalue weighted by atomic mass is 35.5. The van der Waals surface area contributed by atoms with Gasteiger partial charge in [0.05, 0.1) is 21.7 Å². The monoisotopic (exact) mass is 560 g/mol. The molecule has 1 aliphatic carbocycles. The molecule has 0 saturated heterocycles. The molecule has 0 bridgehead atoms. The molecule has 0 unspecified atom stereocenters. The van der Waals surface area contributed by atoms with E-state index in [0.29, 0.717) is 65.0 Å². The van der Waals surface area contributed by atoms with Crippen molar-refractivity contribution in [3.63, 3.8) is 0 Å². The van der Waals surface area contributed by atoms with E-state index in [9.17, 15) is 9.90 Å². The van der Waals surface area contributed by atoms with E-state index in [1.165, 1.54) is 0 Å². The van der Waals surface area contributed by atoms with Crippen molar-refractivity contribution in [2.24, 2.45) is 0 Å². The molecule has 0 aliphatic heterocycles. The second kappa shape index (κ2) is 10.1. The Bertz CT molecular complexity index is 1730. The zero-order chi connectivity index (χ0) is 28.0. The number of hydrogen-bond donors (Lipinski definition) is 4. The van der Waals surface area contributed by atoms with Crippen LogP contribution in [0.25, 0.3) is 33.3 Å². The number of H-pyrrole nitrogens is 1. The Labute approximate surface area is 235 Å². The topological polar surface area (TPSA) is 138 Å². The van der Waals surface area contributed by atoms with Gasteiger partial charge < -0.3 is 29.9 Å². The second-order valence-corrected chi connectivity index (χ2v) is 10.8. The Kier molecular flexibility index (Phi) is 6.59. The summed E-state index contributed by atoms with van der Waals surface area (Å²) in [6.07, 6.45) is 4.46. The van der Waals surface area contributed by atoms with Crippen LogP contribution in [-0.4, -0.2) is 49.7 Å². The molecule has 1 saturated carbocycles. The number of aryl methyl sites for hydroxylation is 1. The van der Waals surface area contributed by atoms with Crippen LogP contribution in [0.15, 0.2) is 47.0 Å². The first-order valence-corrected chi connectivity index (χ1v) is 13.5. The molecule has 1 amide bonds. The van der Waals surface area contributed by atoms with Crippen LogP contribution >= 0.6 is 11.6 Å². The van der Waals surface area contributed by atoms with E-state index >= 15 is 0 Å². The minimum Gasteiger partial charge on any atom is -0.474 e. The third kappa shape index (κ3) is 5.07. The van der Waals surface area contributed by atoms with E-state index in [2.05, 4.69) is 20.6 Å². The fourth-order valence-electron chi connectivity index (χ4n) is 5.09. The van der Waals surface area contributed by atoms with Crippen molar-refractivity contribution in [2.75, 3.05) is 12.4 Å². The van der Waals surface area contributed by atoms with Gasteiger partial charge in [-0.3, -0.25) is 4.79 Å². The standard InChI is InChI=1S/C29H29ClN6O4/c1-15-33-22-7-4-16(13-23(22)39-15)19-14-32-25-24(19)27(40-18-8-10-29(2,38)11-9-18)36-28(35-25)34-21-6-5-17(12-20(21)30)26(37)31-3/h4-7,12-14,18,38H,8-11H2,1-3H3,(H,31,37)(H2,32,34,35,36)/t18-,29+. The highest BCUT2D eigenvalue weighted by molar-refractivity contribution is 6.33. The van der Waals surface area contributed by atoms with Crippen LogP contribution in [0.3, 0.4) is 0 Å². The molecule has 0 atom stereocenters. The quantitative estimate of drug-likeness (QED) is 0.201. The minimum atomic E-state index is -0.685. The number of carbonyl (C=O) groups excluding carboxylic acids is 1. The predicted molar refractivity (Wildman–Crippen MR) is 153 cm³/mol. The molecule has 1 fully saturated rings. The van der Waals surface area contributed by atoms with Crippen LogP contribution in [0.5, 0.6) is 5.88 Å². The average molecular weight is 561 g/mol. The van der Waals surface area contributed by atoms with Crippen molar-refractivity contribution in [2.45, 2.75) is 51.2 Å². The number of aliphatic hydroxyl groups is 1. The summed E-state index contributed by atoms with van der Waals surface area (Å²) in [5, 5.41) is 17.3. The number of nitrogens with one attached hydrogen (secondary N) is 3. The Balaban J connectivity index is 1.40. The van der Waals surface area contributed by atoms with Crippen LogP contribution in [0, 0.1) is 6.92 Å².